The summed E-state index contributed by atoms with van der Waals surface area (Å²) in [5.74, 6) is -1.82. The summed E-state index contributed by atoms with van der Waals surface area (Å²) in [4.78, 5) is 60.1. The lowest BCUT2D eigenvalue weighted by atomic mass is 9.88. The van der Waals surface area contributed by atoms with Gasteiger partial charge in [-0.25, -0.2) is 22.9 Å². The van der Waals surface area contributed by atoms with E-state index in [1.165, 1.54) is 25.3 Å². The molecule has 15 nitrogen and oxygen atoms in total. The van der Waals surface area contributed by atoms with Crippen LogP contribution in [0.5, 0.6) is 17.4 Å². The van der Waals surface area contributed by atoms with E-state index in [2.05, 4.69) is 20.3 Å². The van der Waals surface area contributed by atoms with Crippen molar-refractivity contribution in [2.24, 2.45) is 17.8 Å². The third kappa shape index (κ3) is 7.31. The minimum absolute atomic E-state index is 0.0329. The van der Waals surface area contributed by atoms with Crippen LogP contribution >= 0.6 is 11.6 Å². The molecule has 2 aliphatic heterocycles. The molecule has 6 rings (SSSR count). The van der Waals surface area contributed by atoms with Crippen molar-refractivity contribution in [3.63, 3.8) is 0 Å². The zero-order valence-corrected chi connectivity index (χ0v) is 31.0. The number of methoxy groups -OCH3 is 2. The minimum atomic E-state index is -4.24. The molecule has 4 aliphatic rings. The fourth-order valence-corrected chi connectivity index (χ4v) is 8.79. The SMILES string of the molecule is COc1ccc2c(O[C@@H]3C[C@H]4C(=O)N[C@]5(C(=O)NS(=O)(=O)C6(Cl)CC6)C[C@H]5C=CCC[C@@H](C)C[C@@H](C)[C@H](NC(=O)O)C(=O)N4C3)ncc(OC)c2c1. The first kappa shape index (κ1) is 37.4. The average molecular weight is 762 g/mol. The molecule has 4 amide bonds. The second kappa shape index (κ2) is 14.3. The number of carbonyl (C=O) groups excluding carboxylic acids is 3. The van der Waals surface area contributed by atoms with Crippen LogP contribution in [0.2, 0.25) is 0 Å². The first-order valence-corrected chi connectivity index (χ1v) is 19.2. The van der Waals surface area contributed by atoms with E-state index >= 15 is 0 Å². The maximum atomic E-state index is 14.4. The topological polar surface area (TPSA) is 203 Å². The number of nitrogens with zero attached hydrogens (tertiary/aromatic N) is 2. The average Bonchev–Trinajstić information content (AvgIpc) is 3.98. The van der Waals surface area contributed by atoms with Crippen LogP contribution < -0.4 is 29.6 Å². The molecule has 3 fully saturated rings. The second-order valence-electron chi connectivity index (χ2n) is 14.4. The van der Waals surface area contributed by atoms with Crippen LogP contribution in [-0.4, -0.2) is 95.9 Å². The van der Waals surface area contributed by atoms with Crippen molar-refractivity contribution in [3.05, 3.63) is 36.5 Å². The number of halogens is 1. The first-order valence-electron chi connectivity index (χ1n) is 17.3. The van der Waals surface area contributed by atoms with Crippen molar-refractivity contribution >= 4 is 56.2 Å². The Morgan fingerprint density at radius 1 is 1.12 bits per heavy atom. The van der Waals surface area contributed by atoms with Crippen molar-refractivity contribution < 1.29 is 46.9 Å². The number of pyridine rings is 1. The largest absolute Gasteiger partial charge is 0.497 e. The predicted molar refractivity (Wildman–Crippen MR) is 190 cm³/mol. The van der Waals surface area contributed by atoms with Crippen molar-refractivity contribution in [1.29, 1.82) is 0 Å². The van der Waals surface area contributed by atoms with Gasteiger partial charge in [-0.1, -0.05) is 37.6 Å². The number of allylic oxidation sites excluding steroid dienone is 1. The Hall–Kier alpha value is -4.31. The van der Waals surface area contributed by atoms with E-state index in [4.69, 9.17) is 25.8 Å². The highest BCUT2D eigenvalue weighted by molar-refractivity contribution is 7.93. The molecular weight excluding hydrogens is 718 g/mol. The molecule has 282 valence electrons. The van der Waals surface area contributed by atoms with Gasteiger partial charge in [0.15, 0.2) is 4.21 Å². The number of aromatic nitrogens is 1. The highest BCUT2D eigenvalue weighted by Crippen LogP contribution is 2.49. The molecule has 52 heavy (non-hydrogen) atoms. The predicted octanol–water partition coefficient (Wildman–Crippen LogP) is 3.30. The number of carbonyl (C=O) groups is 4. The van der Waals surface area contributed by atoms with Crippen molar-refractivity contribution in [2.45, 2.75) is 86.7 Å². The number of benzene rings is 1. The quantitative estimate of drug-likeness (QED) is 0.227. The standard InChI is InChI=1S/C35H44ClN5O10S/c1-19-7-5-6-8-21-16-35(21,32(44)40-52(47,48)34(36)11-12-34)39-29(42)26-15-23(18-41(26)31(43)28(20(2)13-19)38-33(45)46)51-30-24-10-9-22(49-3)14-25(24)27(50-4)17-37-30/h6,8-10,14,17,19-21,23,26,28,38H,5,7,11-13,15-16,18H2,1-4H3,(H,39,42)(H,40,44)(H,45,46)/t19-,20-,21-,23-,26+,28+,35-/m1/s1. The monoisotopic (exact) mass is 761 g/mol. The van der Waals surface area contributed by atoms with Gasteiger partial charge in [0, 0.05) is 23.1 Å². The fraction of sp³-hybridized carbons (Fsp3) is 0.571. The Kier molecular flexibility index (Phi) is 10.3. The number of hydrogen-bond donors (Lipinski definition) is 4. The molecule has 1 saturated heterocycles. The van der Waals surface area contributed by atoms with Crippen molar-refractivity contribution in [3.8, 4) is 17.4 Å². The number of sulfonamides is 1. The van der Waals surface area contributed by atoms with Gasteiger partial charge in [-0.15, -0.1) is 0 Å². The summed E-state index contributed by atoms with van der Waals surface area (Å²) >= 11 is 6.19. The van der Waals surface area contributed by atoms with E-state index in [0.29, 0.717) is 41.5 Å². The summed E-state index contributed by atoms with van der Waals surface area (Å²) in [5, 5.41) is 16.2. The molecule has 7 atom stereocenters. The lowest BCUT2D eigenvalue weighted by molar-refractivity contribution is -0.142. The number of hydrogen-bond acceptors (Lipinski definition) is 10. The molecule has 0 unspecified atom stereocenters. The van der Waals surface area contributed by atoms with Crippen molar-refractivity contribution in [1.82, 2.24) is 25.2 Å². The lowest BCUT2D eigenvalue weighted by Gasteiger charge is -2.32. The first-order chi connectivity index (χ1) is 24.6. The number of carboxylic acid groups (broad SMARTS) is 1. The maximum Gasteiger partial charge on any atom is 0.405 e. The van der Waals surface area contributed by atoms with Gasteiger partial charge in [-0.05, 0) is 68.6 Å². The molecule has 2 saturated carbocycles. The second-order valence-corrected chi connectivity index (χ2v) is 17.3. The van der Waals surface area contributed by atoms with Crippen LogP contribution in [0.25, 0.3) is 10.8 Å². The van der Waals surface area contributed by atoms with Crippen LogP contribution in [0.15, 0.2) is 36.5 Å². The van der Waals surface area contributed by atoms with Gasteiger partial charge in [0.05, 0.1) is 27.0 Å². The van der Waals surface area contributed by atoms with Crippen LogP contribution in [0, 0.1) is 17.8 Å². The third-order valence-corrected chi connectivity index (χ3v) is 13.4. The summed E-state index contributed by atoms with van der Waals surface area (Å²) in [6.07, 6.45) is 5.37. The van der Waals surface area contributed by atoms with E-state index in [-0.39, 0.29) is 44.0 Å². The zero-order valence-electron chi connectivity index (χ0n) is 29.4. The summed E-state index contributed by atoms with van der Waals surface area (Å²) in [5.41, 5.74) is -1.61. The molecular formula is C35H44ClN5O10S. The van der Waals surface area contributed by atoms with Crippen LogP contribution in [0.1, 0.15) is 58.8 Å². The molecule has 0 radical (unpaired) electrons. The van der Waals surface area contributed by atoms with E-state index in [1.54, 1.807) is 25.1 Å². The molecule has 1 aromatic carbocycles. The number of alkyl halides is 1. The van der Waals surface area contributed by atoms with E-state index in [9.17, 15) is 32.7 Å². The number of nitrogens with one attached hydrogen (secondary N) is 3. The molecule has 1 aromatic heterocycles. The Balaban J connectivity index is 1.35. The van der Waals surface area contributed by atoms with Crippen LogP contribution in [0.4, 0.5) is 4.79 Å². The summed E-state index contributed by atoms with van der Waals surface area (Å²) < 4.78 is 43.7. The van der Waals surface area contributed by atoms with Gasteiger partial charge in [-0.3, -0.25) is 14.4 Å². The number of rotatable bonds is 8. The normalized spacial score (nSPS) is 30.1. The summed E-state index contributed by atoms with van der Waals surface area (Å²) in [6.45, 7) is 3.70. The summed E-state index contributed by atoms with van der Waals surface area (Å²) in [7, 11) is -1.20. The van der Waals surface area contributed by atoms with Crippen LogP contribution in [-0.2, 0) is 24.4 Å². The molecule has 0 spiro atoms. The van der Waals surface area contributed by atoms with Gasteiger partial charge in [0.1, 0.15) is 35.2 Å². The smallest absolute Gasteiger partial charge is 0.405 e. The zero-order chi connectivity index (χ0) is 37.6. The molecule has 2 aromatic rings. The van der Waals surface area contributed by atoms with Gasteiger partial charge < -0.3 is 34.9 Å². The Labute approximate surface area is 306 Å². The Bertz CT molecular complexity index is 1910. The van der Waals surface area contributed by atoms with Gasteiger partial charge in [0.2, 0.25) is 17.7 Å². The number of fused-ring (bicyclic) bond motifs is 3. The maximum absolute atomic E-state index is 14.4. The molecule has 3 heterocycles. The fourth-order valence-electron chi connectivity index (χ4n) is 7.33. The summed E-state index contributed by atoms with van der Waals surface area (Å²) in [6, 6.07) is 2.87. The molecule has 17 heteroatoms. The van der Waals surface area contributed by atoms with Gasteiger partial charge >= 0.3 is 6.09 Å². The Morgan fingerprint density at radius 3 is 2.54 bits per heavy atom. The van der Waals surface area contributed by atoms with E-state index in [0.717, 1.165) is 0 Å². The number of amides is 4. The lowest BCUT2D eigenvalue weighted by Crippen LogP contribution is -2.59. The van der Waals surface area contributed by atoms with E-state index < -0.39 is 73.6 Å². The molecule has 0 bridgehead atoms. The molecule has 2 aliphatic carbocycles. The van der Waals surface area contributed by atoms with Crippen molar-refractivity contribution in [2.75, 3.05) is 20.8 Å². The Morgan fingerprint density at radius 2 is 1.87 bits per heavy atom. The van der Waals surface area contributed by atoms with Gasteiger partial charge in [0.25, 0.3) is 15.9 Å². The number of ether oxygens (including phenoxy) is 3. The van der Waals surface area contributed by atoms with Gasteiger partial charge in [-0.2, -0.15) is 0 Å². The highest BCUT2D eigenvalue weighted by Gasteiger charge is 2.63. The highest BCUT2D eigenvalue weighted by atomic mass is 35.5. The van der Waals surface area contributed by atoms with E-state index in [1.807, 2.05) is 19.1 Å². The molecule has 4 N–H and O–H groups in total. The third-order valence-electron chi connectivity index (χ3n) is 10.6. The minimum Gasteiger partial charge on any atom is -0.497 e. The van der Waals surface area contributed by atoms with Crippen LogP contribution in [0.3, 0.4) is 0 Å².